The third-order valence-electron chi connectivity index (χ3n) is 2.50. The second-order valence-electron chi connectivity index (χ2n) is 3.68. The van der Waals surface area contributed by atoms with E-state index in [1.54, 1.807) is 24.3 Å². The van der Waals surface area contributed by atoms with Gasteiger partial charge in [0.1, 0.15) is 5.75 Å². The number of ether oxygens (including phenoxy) is 1. The molecule has 2 rings (SSSR count). The summed E-state index contributed by atoms with van der Waals surface area (Å²) in [5.41, 5.74) is 4.83. The van der Waals surface area contributed by atoms with Gasteiger partial charge in [0.15, 0.2) is 5.70 Å². The van der Waals surface area contributed by atoms with Crippen LogP contribution >= 0.6 is 0 Å². The van der Waals surface area contributed by atoms with Crippen molar-refractivity contribution in [1.82, 2.24) is 11.0 Å². The third kappa shape index (κ3) is 2.53. The van der Waals surface area contributed by atoms with Crippen LogP contribution < -0.4 is 26.6 Å². The van der Waals surface area contributed by atoms with Gasteiger partial charge in [0.05, 0.1) is 12.3 Å². The summed E-state index contributed by atoms with van der Waals surface area (Å²) in [6, 6.07) is 6.79. The van der Waals surface area contributed by atoms with Gasteiger partial charge in [-0.15, -0.1) is 4.91 Å². The first kappa shape index (κ1) is 13.8. The number of hydrogen-bond donors (Lipinski definition) is 3. The summed E-state index contributed by atoms with van der Waals surface area (Å²) in [5.74, 6) is 4.71. The van der Waals surface area contributed by atoms with Gasteiger partial charge in [-0.05, 0) is 36.4 Å². The molecule has 0 atom stereocenters. The Kier molecular flexibility index (Phi) is 4.13. The first-order valence-corrected chi connectivity index (χ1v) is 5.75. The van der Waals surface area contributed by atoms with E-state index in [0.717, 1.165) is 0 Å². The molecule has 9 nitrogen and oxygen atoms in total. The minimum atomic E-state index is -0.772. The molecule has 1 aliphatic rings. The Hall–Kier alpha value is -2.65. The Balaban J connectivity index is 2.33. The van der Waals surface area contributed by atoms with Crippen molar-refractivity contribution < 1.29 is 14.4 Å². The molecule has 0 radical (unpaired) electrons. The van der Waals surface area contributed by atoms with E-state index < -0.39 is 5.97 Å². The van der Waals surface area contributed by atoms with Crippen molar-refractivity contribution in [2.24, 2.45) is 11.0 Å². The van der Waals surface area contributed by atoms with Gasteiger partial charge in [-0.2, -0.15) is 0 Å². The molecule has 1 heterocycles. The molecule has 0 bridgehead atoms. The summed E-state index contributed by atoms with van der Waals surface area (Å²) in [6.45, 7) is 2.42. The Morgan fingerprint density at radius 3 is 2.75 bits per heavy atom. The molecule has 0 aromatic heterocycles. The average Bonchev–Trinajstić information content (AvgIpc) is 2.84. The maximum atomic E-state index is 11.6. The van der Waals surface area contributed by atoms with Gasteiger partial charge >= 0.3 is 5.97 Å². The maximum absolute atomic E-state index is 11.6. The highest BCUT2D eigenvalue weighted by atomic mass is 16.7. The summed E-state index contributed by atoms with van der Waals surface area (Å²) in [7, 11) is 0. The number of carbonyl (C=O) groups excluding carboxylic acids is 1. The second kappa shape index (κ2) is 5.99. The molecular formula is C11H13N5O4. The predicted molar refractivity (Wildman–Crippen MR) is 69.5 cm³/mol. The summed E-state index contributed by atoms with van der Waals surface area (Å²) in [5, 5.41) is 3.89. The molecule has 4 N–H and O–H groups in total. The van der Waals surface area contributed by atoms with Gasteiger partial charge in [0.2, 0.25) is 5.82 Å². The highest BCUT2D eigenvalue weighted by Gasteiger charge is 2.33. The fourth-order valence-electron chi connectivity index (χ4n) is 1.65. The van der Waals surface area contributed by atoms with E-state index >= 15 is 0 Å². The van der Waals surface area contributed by atoms with Crippen molar-refractivity contribution in [3.05, 3.63) is 40.7 Å². The molecule has 106 valence electrons. The zero-order chi connectivity index (χ0) is 14.5. The third-order valence-corrected chi connectivity index (χ3v) is 2.50. The van der Waals surface area contributed by atoms with E-state index in [1.807, 2.05) is 12.3 Å². The lowest BCUT2D eigenvalue weighted by Gasteiger charge is -2.16. The molecule has 1 aliphatic heterocycles. The minimum Gasteiger partial charge on any atom is -0.494 e. The molecule has 0 unspecified atom stereocenters. The number of hydrazine groups is 2. The van der Waals surface area contributed by atoms with Crippen molar-refractivity contribution in [3.8, 4) is 5.75 Å². The van der Waals surface area contributed by atoms with Crippen LogP contribution in [-0.4, -0.2) is 12.6 Å². The van der Waals surface area contributed by atoms with Crippen LogP contribution in [0.2, 0.25) is 0 Å². The monoisotopic (exact) mass is 279 g/mol. The fraction of sp³-hybridized carbons (Fsp3) is 0.182. The molecule has 1 aromatic rings. The van der Waals surface area contributed by atoms with E-state index in [9.17, 15) is 9.70 Å². The number of hydrogen-bond acceptors (Lipinski definition) is 9. The van der Waals surface area contributed by atoms with Crippen LogP contribution in [-0.2, 0) is 9.63 Å². The number of nitroso groups, excluding NO2 is 1. The molecule has 0 aliphatic carbocycles. The summed E-state index contributed by atoms with van der Waals surface area (Å²) in [4.78, 5) is 26.9. The van der Waals surface area contributed by atoms with Crippen LogP contribution in [0.1, 0.15) is 6.92 Å². The normalized spacial score (nSPS) is 16.7. The van der Waals surface area contributed by atoms with Gasteiger partial charge in [0.25, 0.3) is 0 Å². The number of benzene rings is 1. The van der Waals surface area contributed by atoms with E-state index in [4.69, 9.17) is 10.6 Å². The van der Waals surface area contributed by atoms with E-state index in [1.165, 1.54) is 5.01 Å². The van der Waals surface area contributed by atoms with Crippen LogP contribution in [0.25, 0.3) is 0 Å². The molecule has 0 saturated carbocycles. The van der Waals surface area contributed by atoms with E-state index in [2.05, 4.69) is 15.6 Å². The van der Waals surface area contributed by atoms with E-state index in [-0.39, 0.29) is 11.5 Å². The Morgan fingerprint density at radius 1 is 1.50 bits per heavy atom. The average molecular weight is 279 g/mol. The van der Waals surface area contributed by atoms with Crippen LogP contribution in [0.5, 0.6) is 5.75 Å². The van der Waals surface area contributed by atoms with Crippen LogP contribution in [0.15, 0.2) is 41.0 Å². The van der Waals surface area contributed by atoms with Crippen LogP contribution in [0, 0.1) is 4.91 Å². The summed E-state index contributed by atoms with van der Waals surface area (Å²) >= 11 is 0. The lowest BCUT2D eigenvalue weighted by Crippen LogP contribution is -2.32. The first-order chi connectivity index (χ1) is 9.71. The van der Waals surface area contributed by atoms with Gasteiger partial charge < -0.3 is 15.0 Å². The quantitative estimate of drug-likeness (QED) is 0.304. The molecule has 0 amide bonds. The lowest BCUT2D eigenvalue weighted by atomic mass is 10.2. The highest BCUT2D eigenvalue weighted by Crippen LogP contribution is 2.25. The number of nitrogens with one attached hydrogen (secondary N) is 2. The van der Waals surface area contributed by atoms with Gasteiger partial charge in [0, 0.05) is 0 Å². The Labute approximate surface area is 114 Å². The number of nitrogens with zero attached hydrogens (tertiary/aromatic N) is 2. The smallest absolute Gasteiger partial charge is 0.380 e. The van der Waals surface area contributed by atoms with Crippen molar-refractivity contribution in [2.75, 3.05) is 11.6 Å². The molecule has 1 aromatic carbocycles. The predicted octanol–water partition coefficient (Wildman–Crippen LogP) is 0.267. The van der Waals surface area contributed by atoms with Crippen molar-refractivity contribution >= 4 is 11.7 Å². The zero-order valence-corrected chi connectivity index (χ0v) is 10.6. The Bertz CT molecular complexity index is 542. The zero-order valence-electron chi connectivity index (χ0n) is 10.6. The van der Waals surface area contributed by atoms with Crippen molar-refractivity contribution in [1.29, 1.82) is 0 Å². The highest BCUT2D eigenvalue weighted by molar-refractivity contribution is 5.95. The molecule has 0 spiro atoms. The topological polar surface area (TPSA) is 118 Å². The number of carbonyl (C=O) groups is 1. The Morgan fingerprint density at radius 2 is 2.20 bits per heavy atom. The molecule has 1 saturated heterocycles. The first-order valence-electron chi connectivity index (χ1n) is 5.75. The van der Waals surface area contributed by atoms with E-state index in [0.29, 0.717) is 18.0 Å². The van der Waals surface area contributed by atoms with Gasteiger partial charge in [-0.25, -0.2) is 15.6 Å². The number of nitrogens with two attached hydrogens (primary N) is 1. The summed E-state index contributed by atoms with van der Waals surface area (Å²) in [6.07, 6.45) is 0. The van der Waals surface area contributed by atoms with Gasteiger partial charge in [-0.1, -0.05) is 5.59 Å². The SMILES string of the molecule is CCOc1ccc(N2NOC(=O)/C2=C(/N=O)NN)cc1. The number of anilines is 1. The van der Waals surface area contributed by atoms with Crippen molar-refractivity contribution in [2.45, 2.75) is 6.92 Å². The minimum absolute atomic E-state index is 0.133. The number of rotatable bonds is 5. The van der Waals surface area contributed by atoms with Crippen molar-refractivity contribution in [3.63, 3.8) is 0 Å². The fourth-order valence-corrected chi connectivity index (χ4v) is 1.65. The molecular weight excluding hydrogens is 266 g/mol. The molecule has 20 heavy (non-hydrogen) atoms. The van der Waals surface area contributed by atoms with Crippen LogP contribution in [0.4, 0.5) is 5.69 Å². The largest absolute Gasteiger partial charge is 0.494 e. The molecule has 1 fully saturated rings. The maximum Gasteiger partial charge on any atom is 0.380 e. The lowest BCUT2D eigenvalue weighted by molar-refractivity contribution is -0.140. The molecule has 9 heteroatoms. The second-order valence-corrected chi connectivity index (χ2v) is 3.68. The standard InChI is InChI=1S/C11H13N5O4/c1-2-19-8-5-3-7(4-6-8)16-9(10(13-12)14-18)11(17)20-15-16/h3-6,13,15H,2,12H2,1H3/b10-9-. The van der Waals surface area contributed by atoms with Crippen LogP contribution in [0.3, 0.4) is 0 Å². The summed E-state index contributed by atoms with van der Waals surface area (Å²) < 4.78 is 5.31. The van der Waals surface area contributed by atoms with Gasteiger partial charge in [-0.3, -0.25) is 0 Å².